The molecule has 1 atom stereocenters. The summed E-state index contributed by atoms with van der Waals surface area (Å²) in [4.78, 5) is 2.74. The number of nitrogens with one attached hydrogen (secondary N) is 1. The monoisotopic (exact) mass is 227 g/mol. The maximum atomic E-state index is 13.4. The lowest BCUT2D eigenvalue weighted by molar-refractivity contribution is -0.0794. The largest absolute Gasteiger partial charge is 0.363 e. The molecule has 1 aromatic heterocycles. The molecule has 16 heavy (non-hydrogen) atoms. The molecule has 1 heterocycles. The van der Waals surface area contributed by atoms with E-state index in [0.717, 1.165) is 6.07 Å². The van der Waals surface area contributed by atoms with Gasteiger partial charge in [0.1, 0.15) is 11.6 Å². The normalized spacial score (nSPS) is 13.3. The molecule has 2 N–H and O–H groups in total. The smallest absolute Gasteiger partial charge is 0.196 e. The van der Waals surface area contributed by atoms with Crippen molar-refractivity contribution in [3.63, 3.8) is 0 Å². The van der Waals surface area contributed by atoms with Crippen LogP contribution in [0.1, 0.15) is 17.5 Å². The molecular formula is C11H11F2NO2. The first kappa shape index (κ1) is 11.0. The van der Waals surface area contributed by atoms with Crippen LogP contribution in [0.4, 0.5) is 8.78 Å². The number of methoxy groups -OCH3 is 1. The summed E-state index contributed by atoms with van der Waals surface area (Å²) in [6.07, 6.45) is -1.17. The van der Waals surface area contributed by atoms with Crippen LogP contribution in [0.25, 0.3) is 10.9 Å². The average molecular weight is 227 g/mol. The van der Waals surface area contributed by atoms with Crippen molar-refractivity contribution in [2.75, 3.05) is 7.11 Å². The Morgan fingerprint density at radius 3 is 2.62 bits per heavy atom. The zero-order valence-electron chi connectivity index (χ0n) is 8.84. The number of aromatic nitrogens is 1. The fourth-order valence-electron chi connectivity index (χ4n) is 1.64. The van der Waals surface area contributed by atoms with Crippen molar-refractivity contribution >= 4 is 10.9 Å². The zero-order chi connectivity index (χ0) is 11.9. The van der Waals surface area contributed by atoms with E-state index >= 15 is 0 Å². The minimum Gasteiger partial charge on any atom is -0.363 e. The van der Waals surface area contributed by atoms with Crippen molar-refractivity contribution < 1.29 is 18.6 Å². The molecule has 0 radical (unpaired) electrons. The lowest BCUT2D eigenvalue weighted by Gasteiger charge is -2.04. The van der Waals surface area contributed by atoms with Gasteiger partial charge in [0.05, 0.1) is 11.2 Å². The summed E-state index contributed by atoms with van der Waals surface area (Å²) in [5.41, 5.74) is 0.944. The van der Waals surface area contributed by atoms with Crippen LogP contribution >= 0.6 is 0 Å². The average Bonchev–Trinajstić information content (AvgIpc) is 2.70. The zero-order valence-corrected chi connectivity index (χ0v) is 8.84. The molecule has 0 amide bonds. The number of halogens is 2. The van der Waals surface area contributed by atoms with Crippen molar-refractivity contribution in [3.8, 4) is 0 Å². The molecule has 0 aliphatic carbocycles. The molecule has 0 fully saturated rings. The van der Waals surface area contributed by atoms with Gasteiger partial charge in [-0.15, -0.1) is 0 Å². The third kappa shape index (κ3) is 1.58. The van der Waals surface area contributed by atoms with Gasteiger partial charge in [-0.05, 0) is 13.0 Å². The van der Waals surface area contributed by atoms with Crippen molar-refractivity contribution in [1.82, 2.24) is 4.98 Å². The molecule has 86 valence electrons. The Morgan fingerprint density at radius 1 is 1.31 bits per heavy atom. The van der Waals surface area contributed by atoms with Crippen molar-refractivity contribution in [2.45, 2.75) is 13.2 Å². The highest BCUT2D eigenvalue weighted by Crippen LogP contribution is 2.27. The summed E-state index contributed by atoms with van der Waals surface area (Å²) < 4.78 is 31.4. The maximum absolute atomic E-state index is 13.4. The van der Waals surface area contributed by atoms with E-state index in [1.54, 1.807) is 0 Å². The molecule has 1 unspecified atom stereocenters. The summed E-state index contributed by atoms with van der Waals surface area (Å²) >= 11 is 0. The molecule has 1 aromatic carbocycles. The predicted molar refractivity (Wildman–Crippen MR) is 54.9 cm³/mol. The number of aliphatic hydroxyl groups is 1. The topological polar surface area (TPSA) is 45.2 Å². The minimum absolute atomic E-state index is 0.241. The number of fused-ring (bicyclic) bond motifs is 1. The summed E-state index contributed by atoms with van der Waals surface area (Å²) in [7, 11) is 1.32. The molecule has 3 nitrogen and oxygen atoms in total. The van der Waals surface area contributed by atoms with Gasteiger partial charge in [0.25, 0.3) is 0 Å². The van der Waals surface area contributed by atoms with Gasteiger partial charge in [0.2, 0.25) is 0 Å². The third-order valence-electron chi connectivity index (χ3n) is 2.57. The molecule has 0 aliphatic heterocycles. The van der Waals surface area contributed by atoms with E-state index in [1.807, 2.05) is 0 Å². The van der Waals surface area contributed by atoms with E-state index in [0.29, 0.717) is 16.8 Å². The Kier molecular flexibility index (Phi) is 2.65. The predicted octanol–water partition coefficient (Wildman–Crippen LogP) is 2.39. The molecule has 0 spiro atoms. The first-order valence-electron chi connectivity index (χ1n) is 4.72. The number of hydrogen-bond acceptors (Lipinski definition) is 2. The molecule has 2 aromatic rings. The molecule has 2 rings (SSSR count). The number of H-pyrrole nitrogens is 1. The summed E-state index contributed by atoms with van der Waals surface area (Å²) in [6, 6.07) is 2.24. The summed E-state index contributed by atoms with van der Waals surface area (Å²) in [6.45, 7) is 1.54. The van der Waals surface area contributed by atoms with Gasteiger partial charge in [-0.3, -0.25) is 0 Å². The number of hydrogen-bond donors (Lipinski definition) is 2. The van der Waals surface area contributed by atoms with Crippen molar-refractivity contribution in [2.24, 2.45) is 0 Å². The van der Waals surface area contributed by atoms with Gasteiger partial charge in [0, 0.05) is 24.1 Å². The van der Waals surface area contributed by atoms with Gasteiger partial charge in [-0.1, -0.05) is 0 Å². The lowest BCUT2D eigenvalue weighted by atomic mass is 10.1. The summed E-state index contributed by atoms with van der Waals surface area (Å²) in [5.74, 6) is -1.28. The van der Waals surface area contributed by atoms with Crippen LogP contribution in [-0.4, -0.2) is 17.2 Å². The molecular weight excluding hydrogens is 216 g/mol. The maximum Gasteiger partial charge on any atom is 0.196 e. The van der Waals surface area contributed by atoms with Gasteiger partial charge in [0.15, 0.2) is 6.29 Å². The van der Waals surface area contributed by atoms with Gasteiger partial charge >= 0.3 is 0 Å². The molecule has 0 saturated carbocycles. The van der Waals surface area contributed by atoms with E-state index < -0.39 is 17.9 Å². The van der Waals surface area contributed by atoms with E-state index in [-0.39, 0.29) is 5.39 Å². The van der Waals surface area contributed by atoms with Crippen molar-refractivity contribution in [1.29, 1.82) is 0 Å². The van der Waals surface area contributed by atoms with Gasteiger partial charge in [-0.25, -0.2) is 8.78 Å². The SMILES string of the molecule is COC(O)c1cc2c(F)cc(F)c(C)c2[nH]1. The second-order valence-corrected chi connectivity index (χ2v) is 3.57. The third-order valence-corrected chi connectivity index (χ3v) is 2.57. The van der Waals surface area contributed by atoms with Crippen LogP contribution in [0.3, 0.4) is 0 Å². The fraction of sp³-hybridized carbons (Fsp3) is 0.273. The van der Waals surface area contributed by atoms with Crippen LogP contribution in [0.15, 0.2) is 12.1 Å². The first-order valence-corrected chi connectivity index (χ1v) is 4.72. The molecule has 0 bridgehead atoms. The second kappa shape index (κ2) is 3.84. The van der Waals surface area contributed by atoms with Gasteiger partial charge < -0.3 is 14.8 Å². The molecule has 0 aliphatic rings. The standard InChI is InChI=1S/C11H11F2NO2/c1-5-7(12)4-8(13)6-3-9(11(15)16-2)14-10(5)6/h3-4,11,14-15H,1-2H3. The highest BCUT2D eigenvalue weighted by Gasteiger charge is 2.15. The number of benzene rings is 1. The number of ether oxygens (including phenoxy) is 1. The Bertz CT molecular complexity index is 536. The molecule has 0 saturated heterocycles. The lowest BCUT2D eigenvalue weighted by Crippen LogP contribution is -1.99. The highest BCUT2D eigenvalue weighted by atomic mass is 19.1. The fourth-order valence-corrected chi connectivity index (χ4v) is 1.64. The Labute approximate surface area is 90.7 Å². The van der Waals surface area contributed by atoms with Crippen LogP contribution in [-0.2, 0) is 4.74 Å². The number of aromatic amines is 1. The Hall–Kier alpha value is -1.46. The van der Waals surface area contributed by atoms with Crippen molar-refractivity contribution in [3.05, 3.63) is 35.0 Å². The van der Waals surface area contributed by atoms with E-state index in [2.05, 4.69) is 9.72 Å². The Balaban J connectivity index is 2.70. The van der Waals surface area contributed by atoms with Gasteiger partial charge in [-0.2, -0.15) is 0 Å². The number of rotatable bonds is 2. The van der Waals surface area contributed by atoms with E-state index in [9.17, 15) is 13.9 Å². The van der Waals surface area contributed by atoms with E-state index in [4.69, 9.17) is 0 Å². The quantitative estimate of drug-likeness (QED) is 0.774. The van der Waals surface area contributed by atoms with Crippen LogP contribution in [0.5, 0.6) is 0 Å². The summed E-state index contributed by atoms with van der Waals surface area (Å²) in [5, 5.41) is 9.65. The van der Waals surface area contributed by atoms with Crippen LogP contribution in [0.2, 0.25) is 0 Å². The number of aryl methyl sites for hydroxylation is 1. The van der Waals surface area contributed by atoms with Crippen LogP contribution < -0.4 is 0 Å². The first-order chi connectivity index (χ1) is 7.54. The van der Waals surface area contributed by atoms with Crippen LogP contribution in [0, 0.1) is 18.6 Å². The minimum atomic E-state index is -1.17. The number of aliphatic hydroxyl groups excluding tert-OH is 1. The second-order valence-electron chi connectivity index (χ2n) is 3.57. The highest BCUT2D eigenvalue weighted by molar-refractivity contribution is 5.84. The van der Waals surface area contributed by atoms with E-state index in [1.165, 1.54) is 20.1 Å². The Morgan fingerprint density at radius 2 is 2.00 bits per heavy atom. The molecule has 5 heteroatoms.